The maximum atomic E-state index is 16.9. The molecule has 0 bridgehead atoms. The monoisotopic (exact) mass is 389 g/mol. The molecule has 1 aliphatic carbocycles. The molecule has 0 amide bonds. The summed E-state index contributed by atoms with van der Waals surface area (Å²) in [6.45, 7) is 2.11. The number of rotatable bonds is 4. The second-order valence-corrected chi connectivity index (χ2v) is 8.11. The highest BCUT2D eigenvalue weighted by Gasteiger charge is 2.44. The van der Waals surface area contributed by atoms with Crippen molar-refractivity contribution in [3.8, 4) is 17.2 Å². The number of hydrogen-bond donors (Lipinski definition) is 0. The Hall–Kier alpha value is -2.73. The number of alkyl halides is 1. The van der Waals surface area contributed by atoms with E-state index in [2.05, 4.69) is 6.92 Å². The number of hydrogen-bond acceptors (Lipinski definition) is 1. The molecular formula is C26H25F2N. The van der Waals surface area contributed by atoms with Crippen molar-refractivity contribution in [3.05, 3.63) is 71.5 Å². The Bertz CT molecular complexity index is 1080. The van der Waals surface area contributed by atoms with E-state index in [0.29, 0.717) is 17.5 Å². The molecule has 1 nitrogen and oxygen atoms in total. The lowest BCUT2D eigenvalue weighted by Crippen LogP contribution is -2.34. The van der Waals surface area contributed by atoms with Gasteiger partial charge < -0.3 is 0 Å². The van der Waals surface area contributed by atoms with Crippen molar-refractivity contribution in [2.24, 2.45) is 5.92 Å². The van der Waals surface area contributed by atoms with Crippen molar-refractivity contribution >= 4 is 10.8 Å². The molecule has 2 atom stereocenters. The fourth-order valence-electron chi connectivity index (χ4n) is 4.99. The third-order valence-electron chi connectivity index (χ3n) is 6.37. The molecule has 0 saturated heterocycles. The van der Waals surface area contributed by atoms with Gasteiger partial charge in [0, 0.05) is 5.56 Å². The fourth-order valence-corrected chi connectivity index (χ4v) is 4.99. The molecule has 0 heterocycles. The smallest absolute Gasteiger partial charge is 0.141 e. The molecule has 3 aromatic carbocycles. The van der Waals surface area contributed by atoms with Crippen LogP contribution in [-0.2, 0) is 5.67 Å². The Morgan fingerprint density at radius 1 is 1.10 bits per heavy atom. The average Bonchev–Trinajstić information content (AvgIpc) is 2.74. The number of nitriles is 1. The van der Waals surface area contributed by atoms with E-state index in [9.17, 15) is 4.39 Å². The fraction of sp³-hybridized carbons (Fsp3) is 0.346. The summed E-state index contributed by atoms with van der Waals surface area (Å²) >= 11 is 0. The minimum Gasteiger partial charge on any atom is -0.238 e. The molecule has 1 saturated carbocycles. The highest BCUT2D eigenvalue weighted by atomic mass is 19.1. The van der Waals surface area contributed by atoms with Crippen molar-refractivity contribution < 1.29 is 8.78 Å². The van der Waals surface area contributed by atoms with Crippen LogP contribution < -0.4 is 0 Å². The lowest BCUT2D eigenvalue weighted by atomic mass is 9.68. The van der Waals surface area contributed by atoms with Crippen LogP contribution in [0.2, 0.25) is 0 Å². The Balaban J connectivity index is 1.99. The molecule has 4 rings (SSSR count). The molecular weight excluding hydrogens is 364 g/mol. The number of benzene rings is 3. The molecule has 3 heteroatoms. The lowest BCUT2D eigenvalue weighted by Gasteiger charge is -2.40. The van der Waals surface area contributed by atoms with Gasteiger partial charge in [0.15, 0.2) is 0 Å². The predicted molar refractivity (Wildman–Crippen MR) is 114 cm³/mol. The highest BCUT2D eigenvalue weighted by Crippen LogP contribution is 2.52. The Morgan fingerprint density at radius 3 is 2.69 bits per heavy atom. The van der Waals surface area contributed by atoms with Gasteiger partial charge in [-0.1, -0.05) is 62.2 Å². The average molecular weight is 389 g/mol. The second-order valence-electron chi connectivity index (χ2n) is 8.11. The minimum absolute atomic E-state index is 0.00702. The zero-order valence-electron chi connectivity index (χ0n) is 16.7. The topological polar surface area (TPSA) is 23.8 Å². The lowest BCUT2D eigenvalue weighted by molar-refractivity contribution is 0.0307. The first-order valence-electron chi connectivity index (χ1n) is 10.5. The molecule has 3 aromatic rings. The van der Waals surface area contributed by atoms with Gasteiger partial charge >= 0.3 is 0 Å². The zero-order valence-corrected chi connectivity index (χ0v) is 16.7. The van der Waals surface area contributed by atoms with Gasteiger partial charge in [0.25, 0.3) is 0 Å². The normalized spacial score (nSPS) is 21.8. The molecule has 0 N–H and O–H groups in total. The summed E-state index contributed by atoms with van der Waals surface area (Å²) in [5.41, 5.74) is 0.623. The summed E-state index contributed by atoms with van der Waals surface area (Å²) < 4.78 is 31.3. The van der Waals surface area contributed by atoms with E-state index >= 15 is 4.39 Å². The maximum absolute atomic E-state index is 16.9. The van der Waals surface area contributed by atoms with Crippen LogP contribution in [0.4, 0.5) is 8.78 Å². The van der Waals surface area contributed by atoms with Crippen LogP contribution in [0.25, 0.3) is 21.9 Å². The Labute approximate surface area is 171 Å². The van der Waals surface area contributed by atoms with E-state index in [-0.39, 0.29) is 11.5 Å². The Morgan fingerprint density at radius 2 is 1.93 bits per heavy atom. The van der Waals surface area contributed by atoms with Crippen molar-refractivity contribution in [2.75, 3.05) is 0 Å². The van der Waals surface area contributed by atoms with Crippen molar-refractivity contribution in [3.63, 3.8) is 0 Å². The van der Waals surface area contributed by atoms with Crippen LogP contribution in [0.1, 0.15) is 56.6 Å². The second kappa shape index (κ2) is 7.95. The molecule has 0 aromatic heterocycles. The van der Waals surface area contributed by atoms with Crippen molar-refractivity contribution in [2.45, 2.75) is 51.1 Å². The first-order valence-corrected chi connectivity index (χ1v) is 10.5. The molecule has 0 spiro atoms. The van der Waals surface area contributed by atoms with Gasteiger partial charge in [0.2, 0.25) is 0 Å². The third kappa shape index (κ3) is 3.42. The molecule has 0 radical (unpaired) electrons. The summed E-state index contributed by atoms with van der Waals surface area (Å²) in [6, 6.07) is 18.2. The minimum atomic E-state index is -1.44. The van der Waals surface area contributed by atoms with Crippen LogP contribution in [0, 0.1) is 23.1 Å². The van der Waals surface area contributed by atoms with E-state index in [1.807, 2.05) is 42.5 Å². The van der Waals surface area contributed by atoms with E-state index < -0.39 is 11.5 Å². The molecule has 1 fully saturated rings. The standard InChI is InChI=1S/C26H25F2N/c1-2-7-21-9-5-6-15-26(21,28)25-22-10-4-3-8-18(22)13-14-23(25)19-11-12-20(17-29)24(27)16-19/h3-4,8,10-14,16,21H,2,5-7,9,15H2,1H3. The van der Waals surface area contributed by atoms with E-state index in [1.54, 1.807) is 6.07 Å². The third-order valence-corrected chi connectivity index (χ3v) is 6.37. The number of fused-ring (bicyclic) bond motifs is 1. The first kappa shape index (κ1) is 19.6. The van der Waals surface area contributed by atoms with Crippen LogP contribution in [0.5, 0.6) is 0 Å². The van der Waals surface area contributed by atoms with Gasteiger partial charge in [-0.2, -0.15) is 5.26 Å². The van der Waals surface area contributed by atoms with Crippen LogP contribution in [-0.4, -0.2) is 0 Å². The summed E-state index contributed by atoms with van der Waals surface area (Å²) in [5.74, 6) is -0.597. The number of halogens is 2. The molecule has 29 heavy (non-hydrogen) atoms. The summed E-state index contributed by atoms with van der Waals surface area (Å²) in [7, 11) is 0. The SMILES string of the molecule is CCCC1CCCCC1(F)c1c(-c2ccc(C#N)c(F)c2)ccc2ccccc12. The van der Waals surface area contributed by atoms with Crippen molar-refractivity contribution in [1.82, 2.24) is 0 Å². The van der Waals surface area contributed by atoms with E-state index in [4.69, 9.17) is 5.26 Å². The molecule has 148 valence electrons. The van der Waals surface area contributed by atoms with Gasteiger partial charge in [-0.3, -0.25) is 0 Å². The van der Waals surface area contributed by atoms with Crippen LogP contribution in [0.15, 0.2) is 54.6 Å². The van der Waals surface area contributed by atoms with E-state index in [0.717, 1.165) is 48.4 Å². The summed E-state index contributed by atoms with van der Waals surface area (Å²) in [6.07, 6.45) is 5.10. The Kier molecular flexibility index (Phi) is 5.37. The van der Waals surface area contributed by atoms with Gasteiger partial charge in [0.05, 0.1) is 5.56 Å². The van der Waals surface area contributed by atoms with E-state index in [1.165, 1.54) is 12.1 Å². The quantitative estimate of drug-likeness (QED) is 0.449. The molecule has 1 aliphatic rings. The first-order chi connectivity index (χ1) is 14.1. The van der Waals surface area contributed by atoms with Gasteiger partial charge in [-0.25, -0.2) is 8.78 Å². The van der Waals surface area contributed by atoms with Gasteiger partial charge in [0.1, 0.15) is 17.6 Å². The highest BCUT2D eigenvalue weighted by molar-refractivity contribution is 5.93. The van der Waals surface area contributed by atoms with Gasteiger partial charge in [-0.05, 0) is 65.6 Å². The van der Waals surface area contributed by atoms with Gasteiger partial charge in [-0.15, -0.1) is 0 Å². The predicted octanol–water partition coefficient (Wildman–Crippen LogP) is 7.67. The van der Waals surface area contributed by atoms with Crippen LogP contribution >= 0.6 is 0 Å². The van der Waals surface area contributed by atoms with Crippen LogP contribution in [0.3, 0.4) is 0 Å². The number of nitrogens with zero attached hydrogens (tertiary/aromatic N) is 1. The van der Waals surface area contributed by atoms with Crippen molar-refractivity contribution in [1.29, 1.82) is 5.26 Å². The summed E-state index contributed by atoms with van der Waals surface area (Å²) in [5, 5.41) is 11.0. The maximum Gasteiger partial charge on any atom is 0.141 e. The summed E-state index contributed by atoms with van der Waals surface area (Å²) in [4.78, 5) is 0. The largest absolute Gasteiger partial charge is 0.238 e. The zero-order chi connectivity index (χ0) is 20.4. The molecule has 0 aliphatic heterocycles. The molecule has 2 unspecified atom stereocenters.